The van der Waals surface area contributed by atoms with E-state index in [0.717, 1.165) is 35.2 Å². The maximum absolute atomic E-state index is 5.91. The van der Waals surface area contributed by atoms with Crippen molar-refractivity contribution in [3.63, 3.8) is 0 Å². The van der Waals surface area contributed by atoms with E-state index < -0.39 is 0 Å². The smallest absolute Gasteiger partial charge is 0.224 e. The summed E-state index contributed by atoms with van der Waals surface area (Å²) in [5.74, 6) is 1.53. The van der Waals surface area contributed by atoms with Gasteiger partial charge in [-0.3, -0.25) is 0 Å². The van der Waals surface area contributed by atoms with E-state index in [4.69, 9.17) is 11.6 Å². The van der Waals surface area contributed by atoms with Crippen molar-refractivity contribution in [2.24, 2.45) is 0 Å². The standard InChI is InChI=1S/C13H17ClN4S/c1-3-6-15-13-17-7-9(2)12(18-13)16-8-10-4-5-11(14)19-10/h4-5,7H,3,6,8H2,1-2H3,(H2,15,16,17,18). The molecule has 0 spiro atoms. The Morgan fingerprint density at radius 1 is 1.32 bits per heavy atom. The van der Waals surface area contributed by atoms with Gasteiger partial charge in [0.15, 0.2) is 0 Å². The Hall–Kier alpha value is -1.33. The van der Waals surface area contributed by atoms with Gasteiger partial charge >= 0.3 is 0 Å². The molecule has 0 bridgehead atoms. The van der Waals surface area contributed by atoms with E-state index in [1.807, 2.05) is 25.3 Å². The van der Waals surface area contributed by atoms with Gasteiger partial charge in [0.05, 0.1) is 10.9 Å². The molecule has 0 radical (unpaired) electrons. The zero-order valence-electron chi connectivity index (χ0n) is 11.0. The minimum atomic E-state index is 0.666. The molecule has 0 saturated heterocycles. The van der Waals surface area contributed by atoms with Crippen molar-refractivity contribution in [3.05, 3.63) is 33.1 Å². The number of nitrogens with one attached hydrogen (secondary N) is 2. The Balaban J connectivity index is 2.02. The molecule has 2 rings (SSSR count). The van der Waals surface area contributed by atoms with E-state index in [2.05, 4.69) is 27.5 Å². The number of aryl methyl sites for hydroxylation is 1. The monoisotopic (exact) mass is 296 g/mol. The van der Waals surface area contributed by atoms with Crippen molar-refractivity contribution in [2.45, 2.75) is 26.8 Å². The van der Waals surface area contributed by atoms with Crippen LogP contribution in [0, 0.1) is 6.92 Å². The molecule has 2 heterocycles. The van der Waals surface area contributed by atoms with Crippen molar-refractivity contribution in [3.8, 4) is 0 Å². The van der Waals surface area contributed by atoms with Crippen LogP contribution in [0.3, 0.4) is 0 Å². The SMILES string of the molecule is CCCNc1ncc(C)c(NCc2ccc(Cl)s2)n1. The van der Waals surface area contributed by atoms with Gasteiger partial charge in [-0.05, 0) is 25.5 Å². The summed E-state index contributed by atoms with van der Waals surface area (Å²) in [6.45, 7) is 5.71. The molecule has 0 aliphatic rings. The maximum atomic E-state index is 5.91. The van der Waals surface area contributed by atoms with Crippen LogP contribution in [0.25, 0.3) is 0 Å². The molecule has 0 fully saturated rings. The molecule has 0 saturated carbocycles. The Morgan fingerprint density at radius 3 is 2.84 bits per heavy atom. The largest absolute Gasteiger partial charge is 0.365 e. The van der Waals surface area contributed by atoms with Crippen molar-refractivity contribution < 1.29 is 0 Å². The van der Waals surface area contributed by atoms with Gasteiger partial charge in [-0.15, -0.1) is 11.3 Å². The van der Waals surface area contributed by atoms with E-state index in [0.29, 0.717) is 5.95 Å². The lowest BCUT2D eigenvalue weighted by Crippen LogP contribution is -2.08. The van der Waals surface area contributed by atoms with Gasteiger partial charge in [0.2, 0.25) is 5.95 Å². The number of nitrogens with zero attached hydrogens (tertiary/aromatic N) is 2. The summed E-state index contributed by atoms with van der Waals surface area (Å²) in [5, 5.41) is 6.50. The van der Waals surface area contributed by atoms with E-state index in [1.54, 1.807) is 11.3 Å². The predicted molar refractivity (Wildman–Crippen MR) is 82.2 cm³/mol. The lowest BCUT2D eigenvalue weighted by Gasteiger charge is -2.09. The predicted octanol–water partition coefficient (Wildman–Crippen LogP) is 3.93. The summed E-state index contributed by atoms with van der Waals surface area (Å²) >= 11 is 7.49. The fourth-order valence-electron chi connectivity index (χ4n) is 1.56. The lowest BCUT2D eigenvalue weighted by atomic mass is 10.3. The molecule has 0 atom stereocenters. The highest BCUT2D eigenvalue weighted by Crippen LogP contribution is 2.22. The third-order valence-electron chi connectivity index (χ3n) is 2.56. The van der Waals surface area contributed by atoms with Crippen LogP contribution in [0.15, 0.2) is 18.3 Å². The topological polar surface area (TPSA) is 49.8 Å². The molecule has 2 N–H and O–H groups in total. The Bertz CT molecular complexity index is 541. The second-order valence-electron chi connectivity index (χ2n) is 4.21. The summed E-state index contributed by atoms with van der Waals surface area (Å²) in [5.41, 5.74) is 1.03. The summed E-state index contributed by atoms with van der Waals surface area (Å²) in [7, 11) is 0. The molecule has 0 aromatic carbocycles. The quantitative estimate of drug-likeness (QED) is 0.848. The van der Waals surface area contributed by atoms with Gasteiger partial charge in [0.1, 0.15) is 5.82 Å². The molecule has 4 nitrogen and oxygen atoms in total. The molecule has 6 heteroatoms. The van der Waals surface area contributed by atoms with Crippen LogP contribution in [-0.2, 0) is 6.54 Å². The molecule has 0 amide bonds. The molecular formula is C13H17ClN4S. The molecule has 2 aromatic heterocycles. The second kappa shape index (κ2) is 6.73. The van der Waals surface area contributed by atoms with Crippen molar-refractivity contribution in [2.75, 3.05) is 17.2 Å². The Labute approximate surface area is 122 Å². The van der Waals surface area contributed by atoms with Crippen molar-refractivity contribution >= 4 is 34.7 Å². The van der Waals surface area contributed by atoms with Crippen LogP contribution in [0.5, 0.6) is 0 Å². The highest BCUT2D eigenvalue weighted by molar-refractivity contribution is 7.16. The van der Waals surface area contributed by atoms with Gasteiger partial charge in [0.25, 0.3) is 0 Å². The number of hydrogen-bond acceptors (Lipinski definition) is 5. The molecule has 102 valence electrons. The molecule has 19 heavy (non-hydrogen) atoms. The van der Waals surface area contributed by atoms with Gasteiger partial charge in [-0.1, -0.05) is 18.5 Å². The molecular weight excluding hydrogens is 280 g/mol. The minimum absolute atomic E-state index is 0.666. The van der Waals surface area contributed by atoms with Crippen LogP contribution in [0.4, 0.5) is 11.8 Å². The zero-order valence-corrected chi connectivity index (χ0v) is 12.6. The van der Waals surface area contributed by atoms with E-state index in [9.17, 15) is 0 Å². The first-order chi connectivity index (χ1) is 9.19. The maximum Gasteiger partial charge on any atom is 0.224 e. The molecule has 2 aromatic rings. The third kappa shape index (κ3) is 4.08. The summed E-state index contributed by atoms with van der Waals surface area (Å²) in [6.07, 6.45) is 2.88. The average molecular weight is 297 g/mol. The minimum Gasteiger partial charge on any atom is -0.365 e. The van der Waals surface area contributed by atoms with E-state index in [1.165, 1.54) is 4.88 Å². The first kappa shape index (κ1) is 14.1. The highest BCUT2D eigenvalue weighted by Gasteiger charge is 2.04. The zero-order chi connectivity index (χ0) is 13.7. The number of thiophene rings is 1. The van der Waals surface area contributed by atoms with Gasteiger partial charge in [-0.2, -0.15) is 4.98 Å². The number of halogens is 1. The van der Waals surface area contributed by atoms with Crippen LogP contribution >= 0.6 is 22.9 Å². The second-order valence-corrected chi connectivity index (χ2v) is 6.01. The third-order valence-corrected chi connectivity index (χ3v) is 3.79. The normalized spacial score (nSPS) is 10.5. The number of rotatable bonds is 6. The number of anilines is 2. The van der Waals surface area contributed by atoms with Crippen LogP contribution < -0.4 is 10.6 Å². The fourth-order valence-corrected chi connectivity index (χ4v) is 2.59. The van der Waals surface area contributed by atoms with Crippen LogP contribution in [0.1, 0.15) is 23.8 Å². The Morgan fingerprint density at radius 2 is 2.16 bits per heavy atom. The molecule has 0 unspecified atom stereocenters. The van der Waals surface area contributed by atoms with E-state index >= 15 is 0 Å². The van der Waals surface area contributed by atoms with Crippen LogP contribution in [-0.4, -0.2) is 16.5 Å². The van der Waals surface area contributed by atoms with Crippen molar-refractivity contribution in [1.29, 1.82) is 0 Å². The Kier molecular flexibility index (Phi) is 4.99. The first-order valence-electron chi connectivity index (χ1n) is 6.24. The lowest BCUT2D eigenvalue weighted by molar-refractivity contribution is 0.947. The summed E-state index contributed by atoms with van der Waals surface area (Å²) in [6, 6.07) is 3.93. The van der Waals surface area contributed by atoms with Gasteiger partial charge < -0.3 is 10.6 Å². The molecule has 0 aliphatic heterocycles. The fraction of sp³-hybridized carbons (Fsp3) is 0.385. The van der Waals surface area contributed by atoms with Crippen LogP contribution in [0.2, 0.25) is 4.34 Å². The van der Waals surface area contributed by atoms with E-state index in [-0.39, 0.29) is 0 Å². The average Bonchev–Trinajstić information content (AvgIpc) is 2.82. The summed E-state index contributed by atoms with van der Waals surface area (Å²) in [4.78, 5) is 9.91. The molecule has 0 aliphatic carbocycles. The number of aromatic nitrogens is 2. The first-order valence-corrected chi connectivity index (χ1v) is 7.44. The summed E-state index contributed by atoms with van der Waals surface area (Å²) < 4.78 is 0.807. The van der Waals surface area contributed by atoms with Crippen molar-refractivity contribution in [1.82, 2.24) is 9.97 Å². The van der Waals surface area contributed by atoms with Gasteiger partial charge in [0, 0.05) is 23.2 Å². The van der Waals surface area contributed by atoms with Gasteiger partial charge in [-0.25, -0.2) is 4.98 Å². The highest BCUT2D eigenvalue weighted by atomic mass is 35.5. The number of hydrogen-bond donors (Lipinski definition) is 2.